The first kappa shape index (κ1) is 26.8. The Morgan fingerprint density at radius 3 is 1.72 bits per heavy atom. The smallest absolute Gasteiger partial charge is 0.335 e. The van der Waals surface area contributed by atoms with E-state index in [-0.39, 0.29) is 26.4 Å². The Balaban J connectivity index is 2.04. The number of rotatable bonds is 10. The second-order valence-corrected chi connectivity index (χ2v) is 7.79. The lowest BCUT2D eigenvalue weighted by atomic mass is 9.86. The number of aliphatic hydroxyl groups is 4. The van der Waals surface area contributed by atoms with Crippen LogP contribution in [0.2, 0.25) is 0 Å². The van der Waals surface area contributed by atoms with Crippen molar-refractivity contribution in [1.29, 1.82) is 0 Å². The molecule has 186 valence electrons. The molecule has 2 saturated heterocycles. The van der Waals surface area contributed by atoms with Crippen LogP contribution in [0.15, 0.2) is 0 Å². The summed E-state index contributed by atoms with van der Waals surface area (Å²) in [5.41, 5.74) is 0. The molecule has 10 atom stereocenters. The largest absolute Gasteiger partial charge is 0.479 e. The first-order chi connectivity index (χ1) is 15.2. The van der Waals surface area contributed by atoms with Gasteiger partial charge in [-0.1, -0.05) is 0 Å². The highest BCUT2D eigenvalue weighted by Gasteiger charge is 2.49. The minimum absolute atomic E-state index is 0.0714. The van der Waals surface area contributed by atoms with Crippen molar-refractivity contribution in [3.63, 3.8) is 0 Å². The summed E-state index contributed by atoms with van der Waals surface area (Å²) in [5, 5.41) is 50.9. The fraction of sp³-hybridized carbons (Fsp3) is 0.895. The van der Waals surface area contributed by atoms with Crippen LogP contribution in [-0.4, -0.2) is 134 Å². The van der Waals surface area contributed by atoms with Gasteiger partial charge in [-0.15, -0.1) is 0 Å². The van der Waals surface area contributed by atoms with Gasteiger partial charge in [0.05, 0.1) is 45.7 Å². The Morgan fingerprint density at radius 1 is 0.719 bits per heavy atom. The molecule has 13 heteroatoms. The Morgan fingerprint density at radius 2 is 1.22 bits per heavy atom. The Bertz CT molecular complexity index is 616. The summed E-state index contributed by atoms with van der Waals surface area (Å²) < 4.78 is 30.9. The van der Waals surface area contributed by atoms with Gasteiger partial charge in [-0.2, -0.15) is 0 Å². The van der Waals surface area contributed by atoms with Crippen molar-refractivity contribution in [2.75, 3.05) is 47.8 Å². The minimum atomic E-state index is -1.48. The number of ether oxygens (including phenoxy) is 6. The van der Waals surface area contributed by atoms with Crippen molar-refractivity contribution < 1.29 is 63.5 Å². The zero-order valence-electron chi connectivity index (χ0n) is 18.1. The van der Waals surface area contributed by atoms with E-state index < -0.39 is 72.6 Å². The van der Waals surface area contributed by atoms with Crippen LogP contribution < -0.4 is 0 Å². The first-order valence-corrected chi connectivity index (χ1v) is 10.1. The quantitative estimate of drug-likeness (QED) is 0.201. The SMILES string of the molecule is COC[C@H]1OC(C(=O)O)[C@H](COC[C@H]2OC(C(=O)OC)[C@H](COC)[C@@H](O)C2O)[C@@H](O)C1O. The molecule has 0 saturated carbocycles. The third kappa shape index (κ3) is 5.92. The lowest BCUT2D eigenvalue weighted by Gasteiger charge is -2.42. The number of methoxy groups -OCH3 is 3. The lowest BCUT2D eigenvalue weighted by molar-refractivity contribution is -0.239. The van der Waals surface area contributed by atoms with Crippen molar-refractivity contribution in [1.82, 2.24) is 0 Å². The summed E-state index contributed by atoms with van der Waals surface area (Å²) in [4.78, 5) is 23.7. The number of carbonyl (C=O) groups excluding carboxylic acids is 1. The average Bonchev–Trinajstić information content (AvgIpc) is 2.76. The number of aliphatic carboxylic acids is 1. The predicted molar refractivity (Wildman–Crippen MR) is 103 cm³/mol. The van der Waals surface area contributed by atoms with E-state index in [1.54, 1.807) is 0 Å². The molecule has 2 aliphatic heterocycles. The van der Waals surface area contributed by atoms with Crippen LogP contribution >= 0.6 is 0 Å². The van der Waals surface area contributed by atoms with Gasteiger partial charge in [0.15, 0.2) is 12.2 Å². The topological polar surface area (TPSA) is 191 Å². The molecule has 4 unspecified atom stereocenters. The lowest BCUT2D eigenvalue weighted by Crippen LogP contribution is -2.60. The molecule has 0 aromatic rings. The molecule has 5 N–H and O–H groups in total. The van der Waals surface area contributed by atoms with Gasteiger partial charge in [-0.3, -0.25) is 0 Å². The standard InChI is InChI=1S/C19H32O13/c1-27-4-8-12(20)15(23)11(32-17(8)19(26)29-3)7-30-5-9-13(21)14(22)10(6-28-2)31-16(9)18(24)25/h8-17,20-23H,4-7H2,1-3H3,(H,24,25)/t8-,9-,10-,11-,12-,13-,14?,15?,16?,17?/m1/s1. The molecular weight excluding hydrogens is 436 g/mol. The van der Waals surface area contributed by atoms with E-state index in [0.29, 0.717) is 0 Å². The van der Waals surface area contributed by atoms with E-state index in [1.165, 1.54) is 14.2 Å². The van der Waals surface area contributed by atoms with Crippen molar-refractivity contribution >= 4 is 11.9 Å². The number of hydrogen-bond acceptors (Lipinski definition) is 12. The molecule has 32 heavy (non-hydrogen) atoms. The highest BCUT2D eigenvalue weighted by Crippen LogP contribution is 2.30. The van der Waals surface area contributed by atoms with Crippen LogP contribution in [0.1, 0.15) is 0 Å². The van der Waals surface area contributed by atoms with Gasteiger partial charge >= 0.3 is 11.9 Å². The van der Waals surface area contributed by atoms with Gasteiger partial charge in [-0.05, 0) is 0 Å². The number of carbonyl (C=O) groups is 2. The number of carboxylic acids is 1. The van der Waals surface area contributed by atoms with Crippen molar-refractivity contribution in [3.05, 3.63) is 0 Å². The van der Waals surface area contributed by atoms with E-state index in [0.717, 1.165) is 7.11 Å². The van der Waals surface area contributed by atoms with Gasteiger partial charge < -0.3 is 54.0 Å². The Labute approximate surface area is 184 Å². The van der Waals surface area contributed by atoms with Gasteiger partial charge in [0.25, 0.3) is 0 Å². The number of hydrogen-bond donors (Lipinski definition) is 5. The monoisotopic (exact) mass is 468 g/mol. The maximum absolute atomic E-state index is 12.1. The van der Waals surface area contributed by atoms with Crippen LogP contribution in [0.5, 0.6) is 0 Å². The molecule has 2 aliphatic rings. The van der Waals surface area contributed by atoms with Crippen molar-refractivity contribution in [3.8, 4) is 0 Å². The summed E-state index contributed by atoms with van der Waals surface area (Å²) in [6.45, 7) is -0.911. The molecule has 2 fully saturated rings. The van der Waals surface area contributed by atoms with Crippen molar-refractivity contribution in [2.45, 2.75) is 48.8 Å². The second-order valence-electron chi connectivity index (χ2n) is 7.79. The Kier molecular flexibility index (Phi) is 10.2. The highest BCUT2D eigenvalue weighted by molar-refractivity contribution is 5.75. The molecule has 13 nitrogen and oxygen atoms in total. The van der Waals surface area contributed by atoms with E-state index in [9.17, 15) is 35.1 Å². The van der Waals surface area contributed by atoms with Crippen LogP contribution in [0.3, 0.4) is 0 Å². The first-order valence-electron chi connectivity index (χ1n) is 10.1. The molecule has 0 spiro atoms. The minimum Gasteiger partial charge on any atom is -0.479 e. The summed E-state index contributed by atoms with van der Waals surface area (Å²) >= 11 is 0. The van der Waals surface area contributed by atoms with Gasteiger partial charge in [0.1, 0.15) is 24.4 Å². The zero-order valence-corrected chi connectivity index (χ0v) is 18.1. The number of carboxylic acid groups (broad SMARTS) is 1. The molecule has 2 rings (SSSR count). The molecule has 0 aromatic heterocycles. The average molecular weight is 468 g/mol. The van der Waals surface area contributed by atoms with Crippen LogP contribution in [0.25, 0.3) is 0 Å². The molecular formula is C19H32O13. The third-order valence-electron chi connectivity index (χ3n) is 5.72. The summed E-state index contributed by atoms with van der Waals surface area (Å²) in [7, 11) is 3.86. The van der Waals surface area contributed by atoms with E-state index in [1.807, 2.05) is 0 Å². The molecule has 0 amide bonds. The molecule has 0 radical (unpaired) electrons. The maximum Gasteiger partial charge on any atom is 0.335 e. The normalized spacial score (nSPS) is 40.1. The van der Waals surface area contributed by atoms with E-state index in [4.69, 9.17) is 23.7 Å². The van der Waals surface area contributed by atoms with Gasteiger partial charge in [0.2, 0.25) is 0 Å². The van der Waals surface area contributed by atoms with E-state index in [2.05, 4.69) is 4.74 Å². The van der Waals surface area contributed by atoms with Crippen LogP contribution in [-0.2, 0) is 38.0 Å². The fourth-order valence-corrected chi connectivity index (χ4v) is 3.96. The van der Waals surface area contributed by atoms with Gasteiger partial charge in [-0.25, -0.2) is 9.59 Å². The number of esters is 1. The summed E-state index contributed by atoms with van der Waals surface area (Å²) in [6, 6.07) is 0. The highest BCUT2D eigenvalue weighted by atomic mass is 16.6. The number of aliphatic hydroxyl groups excluding tert-OH is 4. The zero-order chi connectivity index (χ0) is 24.0. The van der Waals surface area contributed by atoms with Crippen LogP contribution in [0.4, 0.5) is 0 Å². The Hall–Kier alpha value is -1.42. The molecule has 0 bridgehead atoms. The van der Waals surface area contributed by atoms with Gasteiger partial charge in [0, 0.05) is 26.1 Å². The molecule has 0 aromatic carbocycles. The van der Waals surface area contributed by atoms with Crippen molar-refractivity contribution in [2.24, 2.45) is 11.8 Å². The van der Waals surface area contributed by atoms with Crippen LogP contribution in [0, 0.1) is 11.8 Å². The molecule has 0 aliphatic carbocycles. The summed E-state index contributed by atoms with van der Waals surface area (Å²) in [6.07, 6.45) is -10.6. The molecule has 2 heterocycles. The fourth-order valence-electron chi connectivity index (χ4n) is 3.96. The third-order valence-corrected chi connectivity index (χ3v) is 5.72. The summed E-state index contributed by atoms with van der Waals surface area (Å²) in [5.74, 6) is -4.14. The predicted octanol–water partition coefficient (Wildman–Crippen LogP) is -3.24. The maximum atomic E-state index is 12.1. The van der Waals surface area contributed by atoms with E-state index >= 15 is 0 Å². The second kappa shape index (κ2) is 12.2.